The Hall–Kier alpha value is -4.17. The number of nitrogen functional groups attached to an aromatic ring is 1. The van der Waals surface area contributed by atoms with Crippen molar-refractivity contribution < 1.29 is 4.79 Å². The SMILES string of the molecule is CCCCN(C(=O)CN(C)Cc1ccc2ccccc2c1)c1c(N)n(Cc2ccccc2)c(=O)[nH]c1=O. The Labute approximate surface area is 216 Å². The van der Waals surface area contributed by atoms with Crippen LogP contribution in [0.1, 0.15) is 30.9 Å². The Morgan fingerprint density at radius 1 is 0.946 bits per heavy atom. The lowest BCUT2D eigenvalue weighted by atomic mass is 10.1. The fourth-order valence-electron chi connectivity index (χ4n) is 4.46. The van der Waals surface area contributed by atoms with E-state index in [4.69, 9.17) is 5.73 Å². The molecular formula is C29H33N5O3. The smallest absolute Gasteiger partial charge is 0.330 e. The van der Waals surface area contributed by atoms with Crippen LogP contribution in [0.5, 0.6) is 0 Å². The first-order valence-corrected chi connectivity index (χ1v) is 12.5. The number of rotatable bonds is 10. The molecule has 192 valence electrons. The molecule has 3 aromatic carbocycles. The van der Waals surface area contributed by atoms with Crippen molar-refractivity contribution >= 4 is 28.2 Å². The molecule has 0 spiro atoms. The molecule has 0 saturated carbocycles. The summed E-state index contributed by atoms with van der Waals surface area (Å²) in [7, 11) is 1.87. The molecule has 0 unspecified atom stereocenters. The molecule has 0 fully saturated rings. The highest BCUT2D eigenvalue weighted by Gasteiger charge is 2.25. The summed E-state index contributed by atoms with van der Waals surface area (Å²) in [6.45, 7) is 3.19. The van der Waals surface area contributed by atoms with Crippen molar-refractivity contribution in [3.63, 3.8) is 0 Å². The number of hydrogen-bond donors (Lipinski definition) is 2. The Balaban J connectivity index is 1.59. The third-order valence-electron chi connectivity index (χ3n) is 6.38. The van der Waals surface area contributed by atoms with E-state index in [1.54, 1.807) is 0 Å². The molecule has 0 bridgehead atoms. The lowest BCUT2D eigenvalue weighted by molar-refractivity contribution is -0.119. The number of hydrogen-bond acceptors (Lipinski definition) is 5. The van der Waals surface area contributed by atoms with E-state index in [0.717, 1.165) is 28.3 Å². The molecule has 1 amide bonds. The number of unbranched alkanes of at least 4 members (excludes halogenated alkanes) is 1. The van der Waals surface area contributed by atoms with E-state index in [1.165, 1.54) is 9.47 Å². The first-order valence-electron chi connectivity index (χ1n) is 12.5. The molecule has 37 heavy (non-hydrogen) atoms. The molecular weight excluding hydrogens is 466 g/mol. The highest BCUT2D eigenvalue weighted by atomic mass is 16.2. The molecule has 0 aliphatic rings. The molecule has 1 heterocycles. The van der Waals surface area contributed by atoms with E-state index in [2.05, 4.69) is 35.3 Å². The summed E-state index contributed by atoms with van der Waals surface area (Å²) in [6, 6.07) is 23.8. The molecule has 0 aliphatic heterocycles. The van der Waals surface area contributed by atoms with E-state index in [0.29, 0.717) is 19.5 Å². The summed E-state index contributed by atoms with van der Waals surface area (Å²) in [5, 5.41) is 2.31. The number of fused-ring (bicyclic) bond motifs is 1. The summed E-state index contributed by atoms with van der Waals surface area (Å²) in [5.41, 5.74) is 7.09. The van der Waals surface area contributed by atoms with Gasteiger partial charge in [-0.25, -0.2) is 4.79 Å². The number of benzene rings is 3. The number of nitrogens with zero attached hydrogens (tertiary/aromatic N) is 3. The largest absolute Gasteiger partial charge is 0.383 e. The van der Waals surface area contributed by atoms with Gasteiger partial charge in [-0.1, -0.05) is 80.1 Å². The number of nitrogens with one attached hydrogen (secondary N) is 1. The van der Waals surface area contributed by atoms with Crippen LogP contribution in [0.4, 0.5) is 11.5 Å². The number of aromatic nitrogens is 2. The predicted octanol–water partition coefficient (Wildman–Crippen LogP) is 3.59. The van der Waals surface area contributed by atoms with Crippen LogP contribution < -0.4 is 21.9 Å². The number of carbonyl (C=O) groups is 1. The maximum absolute atomic E-state index is 13.5. The van der Waals surface area contributed by atoms with Gasteiger partial charge in [-0.2, -0.15) is 0 Å². The Morgan fingerprint density at radius 3 is 2.38 bits per heavy atom. The van der Waals surface area contributed by atoms with E-state index in [-0.39, 0.29) is 30.5 Å². The summed E-state index contributed by atoms with van der Waals surface area (Å²) in [5.74, 6) is -0.266. The van der Waals surface area contributed by atoms with Crippen molar-refractivity contribution in [3.8, 4) is 0 Å². The molecule has 0 atom stereocenters. The molecule has 0 saturated heterocycles. The summed E-state index contributed by atoms with van der Waals surface area (Å²) >= 11 is 0. The van der Waals surface area contributed by atoms with Crippen LogP contribution in [0.2, 0.25) is 0 Å². The maximum atomic E-state index is 13.5. The van der Waals surface area contributed by atoms with Gasteiger partial charge in [0.05, 0.1) is 13.1 Å². The van der Waals surface area contributed by atoms with Gasteiger partial charge in [0.25, 0.3) is 5.56 Å². The van der Waals surface area contributed by atoms with Crippen LogP contribution in [-0.2, 0) is 17.9 Å². The van der Waals surface area contributed by atoms with Gasteiger partial charge in [-0.15, -0.1) is 0 Å². The minimum atomic E-state index is -0.659. The molecule has 8 nitrogen and oxygen atoms in total. The second-order valence-corrected chi connectivity index (χ2v) is 9.32. The van der Waals surface area contributed by atoms with Gasteiger partial charge in [-0.3, -0.25) is 24.0 Å². The predicted molar refractivity (Wildman–Crippen MR) is 149 cm³/mol. The zero-order valence-corrected chi connectivity index (χ0v) is 21.3. The van der Waals surface area contributed by atoms with Crippen molar-refractivity contribution in [3.05, 3.63) is 105 Å². The monoisotopic (exact) mass is 499 g/mol. The first-order chi connectivity index (χ1) is 17.9. The minimum absolute atomic E-state index is 0.0146. The number of H-pyrrole nitrogens is 1. The fourth-order valence-corrected chi connectivity index (χ4v) is 4.46. The van der Waals surface area contributed by atoms with Gasteiger partial charge in [0.1, 0.15) is 5.82 Å². The fraction of sp³-hybridized carbons (Fsp3) is 0.276. The zero-order chi connectivity index (χ0) is 26.4. The van der Waals surface area contributed by atoms with Crippen molar-refractivity contribution in [2.75, 3.05) is 30.8 Å². The third-order valence-corrected chi connectivity index (χ3v) is 6.38. The Morgan fingerprint density at radius 2 is 1.65 bits per heavy atom. The Kier molecular flexibility index (Phi) is 8.20. The van der Waals surface area contributed by atoms with Crippen molar-refractivity contribution in [1.29, 1.82) is 0 Å². The first kappa shape index (κ1) is 25.9. The van der Waals surface area contributed by atoms with E-state index in [1.807, 2.05) is 61.3 Å². The molecule has 0 radical (unpaired) electrons. The number of carbonyl (C=O) groups excluding carboxylic acids is 1. The Bertz CT molecular complexity index is 1490. The maximum Gasteiger partial charge on any atom is 0.330 e. The summed E-state index contributed by atoms with van der Waals surface area (Å²) in [6.07, 6.45) is 1.52. The van der Waals surface area contributed by atoms with E-state index >= 15 is 0 Å². The molecule has 0 aliphatic carbocycles. The number of nitrogens with two attached hydrogens (primary N) is 1. The second kappa shape index (κ2) is 11.7. The molecule has 8 heteroatoms. The zero-order valence-electron chi connectivity index (χ0n) is 21.3. The highest BCUT2D eigenvalue weighted by Crippen LogP contribution is 2.20. The van der Waals surface area contributed by atoms with Crippen LogP contribution in [0.15, 0.2) is 82.4 Å². The van der Waals surface area contributed by atoms with E-state index in [9.17, 15) is 14.4 Å². The van der Waals surface area contributed by atoms with Crippen molar-refractivity contribution in [1.82, 2.24) is 14.5 Å². The van der Waals surface area contributed by atoms with Crippen LogP contribution >= 0.6 is 0 Å². The van der Waals surface area contributed by atoms with Gasteiger partial charge in [0.2, 0.25) is 5.91 Å². The van der Waals surface area contributed by atoms with Crippen LogP contribution in [0.3, 0.4) is 0 Å². The summed E-state index contributed by atoms with van der Waals surface area (Å²) < 4.78 is 1.30. The van der Waals surface area contributed by atoms with Crippen molar-refractivity contribution in [2.24, 2.45) is 0 Å². The number of likely N-dealkylation sites (N-methyl/N-ethyl adjacent to an activating group) is 1. The van der Waals surface area contributed by atoms with Crippen LogP contribution in [-0.4, -0.2) is 40.5 Å². The molecule has 4 aromatic rings. The molecule has 4 rings (SSSR count). The van der Waals surface area contributed by atoms with Gasteiger partial charge >= 0.3 is 5.69 Å². The van der Waals surface area contributed by atoms with Crippen molar-refractivity contribution in [2.45, 2.75) is 32.9 Å². The standard InChI is InChI=1S/C29H33N5O3/c1-3-4-16-33(25(35)20-32(2)18-22-14-15-23-12-8-9-13-24(23)17-22)26-27(30)34(29(37)31-28(26)36)19-21-10-6-5-7-11-21/h5-15,17H,3-4,16,18-20,30H2,1-2H3,(H,31,36,37). The highest BCUT2D eigenvalue weighted by molar-refractivity contribution is 5.96. The summed E-state index contributed by atoms with van der Waals surface area (Å²) in [4.78, 5) is 44.7. The number of aromatic amines is 1. The lowest BCUT2D eigenvalue weighted by Crippen LogP contribution is -2.45. The number of amides is 1. The van der Waals surface area contributed by atoms with Crippen LogP contribution in [0.25, 0.3) is 10.8 Å². The van der Waals surface area contributed by atoms with Crippen LogP contribution in [0, 0.1) is 0 Å². The normalized spacial score (nSPS) is 11.2. The number of anilines is 2. The van der Waals surface area contributed by atoms with Gasteiger partial charge < -0.3 is 10.6 Å². The second-order valence-electron chi connectivity index (χ2n) is 9.32. The lowest BCUT2D eigenvalue weighted by Gasteiger charge is -2.27. The average molecular weight is 500 g/mol. The molecule has 1 aromatic heterocycles. The quantitative estimate of drug-likeness (QED) is 0.347. The third kappa shape index (κ3) is 6.16. The minimum Gasteiger partial charge on any atom is -0.383 e. The van der Waals surface area contributed by atoms with E-state index < -0.39 is 11.2 Å². The average Bonchev–Trinajstić information content (AvgIpc) is 2.88. The molecule has 3 N–H and O–H groups in total. The van der Waals surface area contributed by atoms with Gasteiger partial charge in [0.15, 0.2) is 5.69 Å². The topological polar surface area (TPSA) is 104 Å². The van der Waals surface area contributed by atoms with Gasteiger partial charge in [0, 0.05) is 13.1 Å². The van der Waals surface area contributed by atoms with Gasteiger partial charge in [-0.05, 0) is 41.4 Å².